The minimum absolute atomic E-state index is 0.0306. The number of likely N-dealkylation sites (N-methyl/N-ethyl adjacent to an activating group) is 1. The fourth-order valence-electron chi connectivity index (χ4n) is 5.40. The Morgan fingerprint density at radius 1 is 1.20 bits per heavy atom. The predicted octanol–water partition coefficient (Wildman–Crippen LogP) is 2.16. The van der Waals surface area contributed by atoms with Crippen molar-refractivity contribution >= 4 is 11.9 Å². The zero-order valence-corrected chi connectivity index (χ0v) is 18.1. The molecule has 8 nitrogen and oxygen atoms in total. The van der Waals surface area contributed by atoms with Gasteiger partial charge in [0.15, 0.2) is 11.5 Å². The molecule has 0 aromatic heterocycles. The van der Waals surface area contributed by atoms with Crippen molar-refractivity contribution in [3.8, 4) is 11.5 Å². The highest BCUT2D eigenvalue weighted by atomic mass is 16.5. The third-order valence-electron chi connectivity index (χ3n) is 6.64. The monoisotopic (exact) mass is 417 g/mol. The van der Waals surface area contributed by atoms with Gasteiger partial charge in [0.05, 0.1) is 19.8 Å². The Balaban J connectivity index is 1.40. The first-order valence-electron chi connectivity index (χ1n) is 10.6. The molecule has 0 saturated carbocycles. The first-order valence-corrected chi connectivity index (χ1v) is 10.6. The van der Waals surface area contributed by atoms with Crippen LogP contribution in [0.25, 0.3) is 0 Å². The summed E-state index contributed by atoms with van der Waals surface area (Å²) in [6.07, 6.45) is 3.08. The number of ether oxygens (including phenoxy) is 3. The van der Waals surface area contributed by atoms with E-state index in [1.807, 2.05) is 37.1 Å². The number of hydrogen-bond donors (Lipinski definition) is 1. The van der Waals surface area contributed by atoms with Gasteiger partial charge in [-0.2, -0.15) is 0 Å². The van der Waals surface area contributed by atoms with Crippen LogP contribution in [0.15, 0.2) is 18.2 Å². The number of nitrogens with zero attached hydrogens (tertiary/aromatic N) is 2. The molecule has 3 unspecified atom stereocenters. The Kier molecular flexibility index (Phi) is 5.53. The van der Waals surface area contributed by atoms with Crippen LogP contribution in [-0.4, -0.2) is 73.3 Å². The second kappa shape index (κ2) is 7.98. The van der Waals surface area contributed by atoms with E-state index in [-0.39, 0.29) is 29.6 Å². The molecule has 3 amide bonds. The lowest BCUT2D eigenvalue weighted by molar-refractivity contribution is -0.190. The number of hydrogen-bond acceptors (Lipinski definition) is 5. The van der Waals surface area contributed by atoms with Crippen LogP contribution in [0.2, 0.25) is 0 Å². The molecular formula is C22H31N3O5. The van der Waals surface area contributed by atoms with Gasteiger partial charge < -0.3 is 29.3 Å². The molecule has 0 radical (unpaired) electrons. The molecule has 1 aromatic carbocycles. The number of amides is 3. The second-order valence-corrected chi connectivity index (χ2v) is 8.69. The summed E-state index contributed by atoms with van der Waals surface area (Å²) in [5.74, 6) is 1.34. The van der Waals surface area contributed by atoms with E-state index in [0.29, 0.717) is 24.6 Å². The van der Waals surface area contributed by atoms with Crippen LogP contribution in [0, 0.1) is 0 Å². The molecule has 3 atom stereocenters. The van der Waals surface area contributed by atoms with Crippen LogP contribution < -0.4 is 14.8 Å². The number of piperidine rings is 1. The number of methoxy groups -OCH3 is 2. The molecule has 3 aliphatic heterocycles. The lowest BCUT2D eigenvalue weighted by atomic mass is 9.84. The lowest BCUT2D eigenvalue weighted by Crippen LogP contribution is -2.64. The van der Waals surface area contributed by atoms with E-state index in [9.17, 15) is 9.59 Å². The van der Waals surface area contributed by atoms with Crippen molar-refractivity contribution in [2.45, 2.75) is 62.9 Å². The summed E-state index contributed by atoms with van der Waals surface area (Å²) in [5, 5.41) is 3.06. The highest BCUT2D eigenvalue weighted by molar-refractivity contribution is 5.81. The highest BCUT2D eigenvalue weighted by Gasteiger charge is 2.54. The third-order valence-corrected chi connectivity index (χ3v) is 6.64. The quantitative estimate of drug-likeness (QED) is 0.812. The molecule has 1 aromatic rings. The zero-order valence-electron chi connectivity index (χ0n) is 18.1. The average Bonchev–Trinajstić information content (AvgIpc) is 3.02. The summed E-state index contributed by atoms with van der Waals surface area (Å²) in [4.78, 5) is 28.9. The van der Waals surface area contributed by atoms with Gasteiger partial charge in [0, 0.05) is 32.2 Å². The zero-order chi connectivity index (χ0) is 21.5. The van der Waals surface area contributed by atoms with Gasteiger partial charge >= 0.3 is 6.03 Å². The van der Waals surface area contributed by atoms with E-state index in [2.05, 4.69) is 5.32 Å². The van der Waals surface area contributed by atoms with Crippen molar-refractivity contribution in [2.75, 3.05) is 27.8 Å². The first-order chi connectivity index (χ1) is 14.4. The number of fused-ring (bicyclic) bond motifs is 2. The number of carbonyl (C=O) groups is 2. The Morgan fingerprint density at radius 2 is 1.87 bits per heavy atom. The number of urea groups is 1. The van der Waals surface area contributed by atoms with E-state index in [1.54, 1.807) is 19.1 Å². The predicted molar refractivity (Wildman–Crippen MR) is 111 cm³/mol. The molecule has 2 bridgehead atoms. The van der Waals surface area contributed by atoms with Crippen LogP contribution in [0.3, 0.4) is 0 Å². The third kappa shape index (κ3) is 3.69. The van der Waals surface area contributed by atoms with Crippen molar-refractivity contribution in [3.05, 3.63) is 23.8 Å². The summed E-state index contributed by atoms with van der Waals surface area (Å²) in [7, 11) is 5.04. The van der Waals surface area contributed by atoms with E-state index in [1.165, 1.54) is 0 Å². The maximum Gasteiger partial charge on any atom is 0.318 e. The van der Waals surface area contributed by atoms with Gasteiger partial charge in [-0.3, -0.25) is 4.79 Å². The largest absolute Gasteiger partial charge is 0.493 e. The molecule has 3 fully saturated rings. The Morgan fingerprint density at radius 3 is 2.47 bits per heavy atom. The summed E-state index contributed by atoms with van der Waals surface area (Å²) in [6, 6.07) is 5.88. The number of nitrogens with one attached hydrogen (secondary N) is 1. The van der Waals surface area contributed by atoms with E-state index in [4.69, 9.17) is 14.2 Å². The fraction of sp³-hybridized carbons (Fsp3) is 0.636. The Bertz CT molecular complexity index is 799. The second-order valence-electron chi connectivity index (χ2n) is 8.69. The minimum atomic E-state index is -0.423. The lowest BCUT2D eigenvalue weighted by Gasteiger charge is -2.51. The molecule has 4 rings (SSSR count). The average molecular weight is 418 g/mol. The van der Waals surface area contributed by atoms with Gasteiger partial charge in [-0.15, -0.1) is 0 Å². The topological polar surface area (TPSA) is 80.3 Å². The fourth-order valence-corrected chi connectivity index (χ4v) is 5.40. The summed E-state index contributed by atoms with van der Waals surface area (Å²) < 4.78 is 16.8. The molecule has 1 spiro atoms. The number of benzene rings is 1. The first kappa shape index (κ1) is 20.8. The molecule has 30 heavy (non-hydrogen) atoms. The van der Waals surface area contributed by atoms with Crippen molar-refractivity contribution in [1.29, 1.82) is 0 Å². The van der Waals surface area contributed by atoms with Crippen molar-refractivity contribution in [2.24, 2.45) is 0 Å². The van der Waals surface area contributed by atoms with Gasteiger partial charge in [0.25, 0.3) is 5.91 Å². The molecule has 1 N–H and O–H groups in total. The number of rotatable bonds is 4. The van der Waals surface area contributed by atoms with Crippen molar-refractivity contribution < 1.29 is 23.8 Å². The normalized spacial score (nSPS) is 30.5. The maximum absolute atomic E-state index is 13.0. The van der Waals surface area contributed by atoms with Crippen LogP contribution in [0.4, 0.5) is 4.79 Å². The Hall–Kier alpha value is -2.48. The Labute approximate surface area is 177 Å². The standard InChI is InChI=1S/C22H31N3O5/c1-14-20(26)24(2)13-22(30-14)10-16-6-7-17(11-22)25(16)21(27)23-12-15-5-8-18(28-3)19(9-15)29-4/h5,8-9,14,16-17H,6-7,10-13H2,1-4H3,(H,23,27). The summed E-state index contributed by atoms with van der Waals surface area (Å²) in [6.45, 7) is 2.85. The molecule has 3 heterocycles. The maximum atomic E-state index is 13.0. The number of morpholine rings is 1. The molecular weight excluding hydrogens is 386 g/mol. The van der Waals surface area contributed by atoms with Crippen LogP contribution in [0.5, 0.6) is 11.5 Å². The highest BCUT2D eigenvalue weighted by Crippen LogP contribution is 2.44. The van der Waals surface area contributed by atoms with E-state index < -0.39 is 6.10 Å². The molecule has 0 aliphatic carbocycles. The summed E-state index contributed by atoms with van der Waals surface area (Å²) in [5.41, 5.74) is 0.611. The van der Waals surface area contributed by atoms with Crippen molar-refractivity contribution in [3.63, 3.8) is 0 Å². The van der Waals surface area contributed by atoms with E-state index in [0.717, 1.165) is 31.2 Å². The minimum Gasteiger partial charge on any atom is -0.493 e. The van der Waals surface area contributed by atoms with E-state index >= 15 is 0 Å². The van der Waals surface area contributed by atoms with Gasteiger partial charge in [0.2, 0.25) is 0 Å². The van der Waals surface area contributed by atoms with Crippen LogP contribution >= 0.6 is 0 Å². The SMILES string of the molecule is COc1ccc(CNC(=O)N2C3CCC2CC2(C3)CN(C)C(=O)C(C)O2)cc1OC. The molecule has 164 valence electrons. The van der Waals surface area contributed by atoms with Crippen molar-refractivity contribution in [1.82, 2.24) is 15.1 Å². The van der Waals surface area contributed by atoms with Gasteiger partial charge in [-0.05, 0) is 50.3 Å². The van der Waals surface area contributed by atoms with Gasteiger partial charge in [-0.1, -0.05) is 6.07 Å². The molecule has 3 saturated heterocycles. The smallest absolute Gasteiger partial charge is 0.318 e. The van der Waals surface area contributed by atoms with Crippen LogP contribution in [0.1, 0.15) is 38.2 Å². The summed E-state index contributed by atoms with van der Waals surface area (Å²) >= 11 is 0. The van der Waals surface area contributed by atoms with Gasteiger partial charge in [0.1, 0.15) is 6.10 Å². The number of carbonyl (C=O) groups excluding carboxylic acids is 2. The van der Waals surface area contributed by atoms with Crippen LogP contribution in [-0.2, 0) is 16.1 Å². The molecule has 8 heteroatoms. The molecule has 3 aliphatic rings. The van der Waals surface area contributed by atoms with Gasteiger partial charge in [-0.25, -0.2) is 4.79 Å².